The summed E-state index contributed by atoms with van der Waals surface area (Å²) >= 11 is 1.86. The Kier molecular flexibility index (Phi) is 7.04. The highest BCUT2D eigenvalue weighted by molar-refractivity contribution is 7.26. The molecule has 10 rings (SSSR count). The zero-order chi connectivity index (χ0) is 33.7. The topological polar surface area (TPSA) is 8.17 Å². The fraction of sp³-hybridized carbons (Fsp3) is 0. The highest BCUT2D eigenvalue weighted by Crippen LogP contribution is 2.47. The monoisotopic (exact) mass is 668 g/mol. The van der Waals surface area contributed by atoms with E-state index in [1.807, 2.05) is 11.3 Å². The molecular weight excluding hydrogens is 637 g/mol. The fourth-order valence-electron chi connectivity index (χ4n) is 7.81. The average Bonchev–Trinajstić information content (AvgIpc) is 3.75. The van der Waals surface area contributed by atoms with E-state index in [9.17, 15) is 0 Å². The Hall–Kier alpha value is -6.42. The van der Waals surface area contributed by atoms with Crippen LogP contribution >= 0.6 is 11.3 Å². The molecule has 0 spiro atoms. The Morgan fingerprint density at radius 2 is 1.04 bits per heavy atom. The van der Waals surface area contributed by atoms with Crippen LogP contribution in [0, 0.1) is 0 Å². The van der Waals surface area contributed by atoms with Gasteiger partial charge in [-0.2, -0.15) is 0 Å². The Morgan fingerprint density at radius 3 is 1.86 bits per heavy atom. The molecule has 2 nitrogen and oxygen atoms in total. The first-order valence-corrected chi connectivity index (χ1v) is 18.2. The SMILES string of the molecule is c1ccc(-c2ccccc2-c2cccc3c2c2ccc(N(c4ccccc4)c4cccc5sc6ccccc6c45)cc2n3-c2ccccc2)cc1. The summed E-state index contributed by atoms with van der Waals surface area (Å²) in [7, 11) is 0. The third-order valence-corrected chi connectivity index (χ3v) is 11.1. The van der Waals surface area contributed by atoms with Gasteiger partial charge < -0.3 is 9.47 Å². The number of fused-ring (bicyclic) bond motifs is 6. The summed E-state index contributed by atoms with van der Waals surface area (Å²) in [5, 5.41) is 5.05. The van der Waals surface area contributed by atoms with E-state index in [1.54, 1.807) is 0 Å². The second-order valence-corrected chi connectivity index (χ2v) is 14.0. The maximum absolute atomic E-state index is 2.44. The zero-order valence-corrected chi connectivity index (χ0v) is 28.6. The molecule has 0 bridgehead atoms. The minimum Gasteiger partial charge on any atom is -0.310 e. The Balaban J connectivity index is 1.27. The van der Waals surface area contributed by atoms with E-state index in [-0.39, 0.29) is 0 Å². The Labute approximate surface area is 300 Å². The van der Waals surface area contributed by atoms with E-state index >= 15 is 0 Å². The van der Waals surface area contributed by atoms with Crippen LogP contribution in [0.3, 0.4) is 0 Å². The largest absolute Gasteiger partial charge is 0.310 e. The molecule has 3 heteroatoms. The number of aromatic nitrogens is 1. The van der Waals surface area contributed by atoms with Gasteiger partial charge in [0.05, 0.1) is 16.7 Å². The van der Waals surface area contributed by atoms with Gasteiger partial charge in [-0.15, -0.1) is 11.3 Å². The molecule has 2 aromatic heterocycles. The van der Waals surface area contributed by atoms with Gasteiger partial charge in [-0.3, -0.25) is 0 Å². The van der Waals surface area contributed by atoms with Crippen LogP contribution in [0.25, 0.3) is 69.9 Å². The molecule has 0 saturated heterocycles. The van der Waals surface area contributed by atoms with Crippen molar-refractivity contribution in [3.63, 3.8) is 0 Å². The molecule has 240 valence electrons. The van der Waals surface area contributed by atoms with Gasteiger partial charge in [-0.05, 0) is 82.9 Å². The van der Waals surface area contributed by atoms with Gasteiger partial charge in [-0.1, -0.05) is 133 Å². The normalized spacial score (nSPS) is 11.5. The second kappa shape index (κ2) is 12.2. The lowest BCUT2D eigenvalue weighted by molar-refractivity contribution is 1.18. The van der Waals surface area contributed by atoms with Crippen molar-refractivity contribution in [2.45, 2.75) is 0 Å². The number of benzene rings is 8. The predicted octanol–water partition coefficient (Wildman–Crippen LogP) is 14.0. The van der Waals surface area contributed by atoms with Crippen LogP contribution in [0.5, 0.6) is 0 Å². The first kappa shape index (κ1) is 29.5. The van der Waals surface area contributed by atoms with Crippen molar-refractivity contribution < 1.29 is 0 Å². The quantitative estimate of drug-likeness (QED) is 0.171. The summed E-state index contributed by atoms with van der Waals surface area (Å²) in [4.78, 5) is 2.43. The number of nitrogens with zero attached hydrogens (tertiary/aromatic N) is 2. The van der Waals surface area contributed by atoms with Crippen LogP contribution in [-0.2, 0) is 0 Å². The average molecular weight is 669 g/mol. The van der Waals surface area contributed by atoms with Crippen LogP contribution in [-0.4, -0.2) is 4.57 Å². The number of anilines is 3. The number of thiophene rings is 1. The van der Waals surface area contributed by atoms with E-state index in [4.69, 9.17) is 0 Å². The number of para-hydroxylation sites is 2. The van der Waals surface area contributed by atoms with E-state index in [1.165, 1.54) is 69.9 Å². The molecule has 0 amide bonds. The van der Waals surface area contributed by atoms with E-state index in [2.05, 4.69) is 204 Å². The molecule has 0 aliphatic carbocycles. The van der Waals surface area contributed by atoms with Crippen LogP contribution in [0.15, 0.2) is 194 Å². The highest BCUT2D eigenvalue weighted by Gasteiger charge is 2.22. The molecular formula is C48H32N2S. The fourth-order valence-corrected chi connectivity index (χ4v) is 8.94. The van der Waals surface area contributed by atoms with Gasteiger partial charge in [0.15, 0.2) is 0 Å². The summed E-state index contributed by atoms with van der Waals surface area (Å²) in [6.45, 7) is 0. The van der Waals surface area contributed by atoms with Gasteiger partial charge in [0.2, 0.25) is 0 Å². The van der Waals surface area contributed by atoms with Crippen LogP contribution in [0.1, 0.15) is 0 Å². The van der Waals surface area contributed by atoms with Gasteiger partial charge in [0.25, 0.3) is 0 Å². The Bertz CT molecular complexity index is 2850. The first-order valence-electron chi connectivity index (χ1n) is 17.4. The molecule has 0 fully saturated rings. The summed E-state index contributed by atoms with van der Waals surface area (Å²) < 4.78 is 5.03. The van der Waals surface area contributed by atoms with Crippen LogP contribution in [0.2, 0.25) is 0 Å². The third-order valence-electron chi connectivity index (χ3n) is 9.99. The van der Waals surface area contributed by atoms with E-state index in [0.29, 0.717) is 0 Å². The molecule has 0 unspecified atom stereocenters. The molecule has 0 N–H and O–H groups in total. The molecule has 0 saturated carbocycles. The maximum atomic E-state index is 2.44. The number of rotatable bonds is 6. The van der Waals surface area contributed by atoms with Crippen molar-refractivity contribution in [3.05, 3.63) is 194 Å². The van der Waals surface area contributed by atoms with Crippen LogP contribution in [0.4, 0.5) is 17.1 Å². The lowest BCUT2D eigenvalue weighted by Gasteiger charge is -2.26. The molecule has 0 radical (unpaired) electrons. The first-order chi connectivity index (χ1) is 25.3. The lowest BCUT2D eigenvalue weighted by atomic mass is 9.92. The van der Waals surface area contributed by atoms with Gasteiger partial charge >= 0.3 is 0 Å². The van der Waals surface area contributed by atoms with E-state index < -0.39 is 0 Å². The molecule has 0 aliphatic heterocycles. The second-order valence-electron chi connectivity index (χ2n) is 12.9. The summed E-state index contributed by atoms with van der Waals surface area (Å²) in [6.07, 6.45) is 0. The lowest BCUT2D eigenvalue weighted by Crippen LogP contribution is -2.10. The van der Waals surface area contributed by atoms with Crippen molar-refractivity contribution in [2.24, 2.45) is 0 Å². The van der Waals surface area contributed by atoms with E-state index in [0.717, 1.165) is 17.1 Å². The maximum Gasteiger partial charge on any atom is 0.0562 e. The summed E-state index contributed by atoms with van der Waals surface area (Å²) in [5.41, 5.74) is 11.8. The smallest absolute Gasteiger partial charge is 0.0562 e. The Morgan fingerprint density at radius 1 is 0.392 bits per heavy atom. The van der Waals surface area contributed by atoms with Crippen LogP contribution < -0.4 is 4.90 Å². The molecule has 0 atom stereocenters. The number of hydrogen-bond acceptors (Lipinski definition) is 2. The summed E-state index contributed by atoms with van der Waals surface area (Å²) in [6, 6.07) is 70.3. The molecule has 8 aromatic carbocycles. The molecule has 51 heavy (non-hydrogen) atoms. The summed E-state index contributed by atoms with van der Waals surface area (Å²) in [5.74, 6) is 0. The van der Waals surface area contributed by atoms with Gasteiger partial charge in [0, 0.05) is 48.0 Å². The van der Waals surface area contributed by atoms with Crippen molar-refractivity contribution in [1.29, 1.82) is 0 Å². The van der Waals surface area contributed by atoms with Crippen molar-refractivity contribution in [3.8, 4) is 27.9 Å². The standard InChI is InChI=1S/C48H32N2S/c1-4-16-33(17-5-1)37-22-10-11-23-38(37)39-25-14-26-42-47(39)40-31-30-36(32-44(40)50(42)35-20-8-3-9-21-35)49(34-18-6-2-7-19-34)43-27-15-29-46-48(43)41-24-12-13-28-45(41)51-46/h1-32H. The zero-order valence-electron chi connectivity index (χ0n) is 27.8. The van der Waals surface area contributed by atoms with Gasteiger partial charge in [-0.25, -0.2) is 0 Å². The molecule has 2 heterocycles. The minimum absolute atomic E-state index is 1.11. The number of hydrogen-bond donors (Lipinski definition) is 0. The van der Waals surface area contributed by atoms with Crippen molar-refractivity contribution >= 4 is 70.4 Å². The van der Waals surface area contributed by atoms with Crippen molar-refractivity contribution in [2.75, 3.05) is 4.90 Å². The third kappa shape index (κ3) is 4.85. The minimum atomic E-state index is 1.11. The molecule has 10 aromatic rings. The molecule has 0 aliphatic rings. The predicted molar refractivity (Wildman–Crippen MR) is 219 cm³/mol. The van der Waals surface area contributed by atoms with Gasteiger partial charge in [0.1, 0.15) is 0 Å². The highest BCUT2D eigenvalue weighted by atomic mass is 32.1. The van der Waals surface area contributed by atoms with Crippen molar-refractivity contribution in [1.82, 2.24) is 4.57 Å².